The second-order valence-electron chi connectivity index (χ2n) is 6.00. The molecule has 5 nitrogen and oxygen atoms in total. The zero-order valence-electron chi connectivity index (χ0n) is 13.4. The van der Waals surface area contributed by atoms with Gasteiger partial charge in [-0.05, 0) is 36.2 Å². The van der Waals surface area contributed by atoms with Gasteiger partial charge in [0.15, 0.2) is 11.5 Å². The lowest BCUT2D eigenvalue weighted by molar-refractivity contribution is 0.0938. The minimum absolute atomic E-state index is 0.135. The summed E-state index contributed by atoms with van der Waals surface area (Å²) in [5, 5.41) is 6.50. The van der Waals surface area contributed by atoms with E-state index in [4.69, 9.17) is 9.47 Å². The van der Waals surface area contributed by atoms with Gasteiger partial charge in [-0.2, -0.15) is 0 Å². The van der Waals surface area contributed by atoms with Crippen LogP contribution in [-0.2, 0) is 6.42 Å². The van der Waals surface area contributed by atoms with Gasteiger partial charge in [-0.3, -0.25) is 4.79 Å². The third kappa shape index (κ3) is 2.83. The molecule has 0 bridgehead atoms. The van der Waals surface area contributed by atoms with Crippen molar-refractivity contribution < 1.29 is 14.3 Å². The van der Waals surface area contributed by atoms with E-state index in [1.54, 1.807) is 6.07 Å². The van der Waals surface area contributed by atoms with Crippen molar-refractivity contribution in [1.29, 1.82) is 0 Å². The highest BCUT2D eigenvalue weighted by Crippen LogP contribution is 2.33. The predicted octanol–water partition coefficient (Wildman–Crippen LogP) is 2.07. The van der Waals surface area contributed by atoms with Crippen LogP contribution < -0.4 is 20.1 Å². The fraction of sp³-hybridized carbons (Fsp3) is 0.316. The molecule has 1 unspecified atom stereocenters. The van der Waals surface area contributed by atoms with Gasteiger partial charge >= 0.3 is 0 Å². The van der Waals surface area contributed by atoms with Crippen molar-refractivity contribution in [1.82, 2.24) is 10.6 Å². The van der Waals surface area contributed by atoms with Gasteiger partial charge in [0.25, 0.3) is 5.91 Å². The Morgan fingerprint density at radius 3 is 2.96 bits per heavy atom. The van der Waals surface area contributed by atoms with Gasteiger partial charge in [-0.15, -0.1) is 0 Å². The molecule has 2 N–H and O–H groups in total. The molecule has 0 aromatic heterocycles. The number of benzene rings is 2. The van der Waals surface area contributed by atoms with Crippen molar-refractivity contribution in [3.8, 4) is 11.5 Å². The van der Waals surface area contributed by atoms with Crippen LogP contribution in [0, 0.1) is 0 Å². The van der Waals surface area contributed by atoms with Gasteiger partial charge in [0.1, 0.15) is 13.2 Å². The van der Waals surface area contributed by atoms with Crippen LogP contribution in [0.4, 0.5) is 0 Å². The molecule has 4 rings (SSSR count). The summed E-state index contributed by atoms with van der Waals surface area (Å²) in [7, 11) is 0. The Hall–Kier alpha value is -2.53. The topological polar surface area (TPSA) is 59.6 Å². The largest absolute Gasteiger partial charge is 0.486 e. The maximum Gasteiger partial charge on any atom is 0.255 e. The summed E-state index contributed by atoms with van der Waals surface area (Å²) in [5.41, 5.74) is 3.14. The molecule has 0 radical (unpaired) electrons. The fourth-order valence-electron chi connectivity index (χ4n) is 3.32. The molecule has 0 saturated heterocycles. The number of hydrogen-bond donors (Lipinski definition) is 2. The van der Waals surface area contributed by atoms with Crippen LogP contribution in [0.25, 0.3) is 0 Å². The second kappa shape index (κ2) is 6.53. The van der Waals surface area contributed by atoms with Crippen LogP contribution in [0.5, 0.6) is 11.5 Å². The Morgan fingerprint density at radius 1 is 1.12 bits per heavy atom. The summed E-state index contributed by atoms with van der Waals surface area (Å²) < 4.78 is 11.2. The van der Waals surface area contributed by atoms with E-state index in [1.807, 2.05) is 18.2 Å². The molecule has 2 aromatic rings. The smallest absolute Gasteiger partial charge is 0.255 e. The molecule has 0 saturated carbocycles. The minimum atomic E-state index is -0.137. The quantitative estimate of drug-likeness (QED) is 0.907. The molecule has 124 valence electrons. The van der Waals surface area contributed by atoms with Crippen molar-refractivity contribution in [2.75, 3.05) is 26.3 Å². The number of rotatable bonds is 3. The highest BCUT2D eigenvalue weighted by molar-refractivity contribution is 5.97. The lowest BCUT2D eigenvalue weighted by Crippen LogP contribution is -2.39. The molecule has 5 heteroatoms. The van der Waals surface area contributed by atoms with Gasteiger partial charge in [0, 0.05) is 12.6 Å². The first-order valence-electron chi connectivity index (χ1n) is 8.31. The van der Waals surface area contributed by atoms with Crippen LogP contribution in [0.2, 0.25) is 0 Å². The molecule has 0 spiro atoms. The summed E-state index contributed by atoms with van der Waals surface area (Å²) in [6.45, 7) is 2.45. The Bertz CT molecular complexity index is 760. The summed E-state index contributed by atoms with van der Waals surface area (Å²) in [5.74, 6) is 1.04. The van der Waals surface area contributed by atoms with E-state index < -0.39 is 0 Å². The van der Waals surface area contributed by atoms with Crippen LogP contribution in [0.3, 0.4) is 0 Å². The minimum Gasteiger partial charge on any atom is -0.486 e. The van der Waals surface area contributed by atoms with E-state index in [0.717, 1.165) is 13.0 Å². The number of nitrogens with one attached hydrogen (secondary N) is 2. The average Bonchev–Trinajstić information content (AvgIpc) is 2.65. The van der Waals surface area contributed by atoms with Gasteiger partial charge < -0.3 is 20.1 Å². The zero-order valence-corrected chi connectivity index (χ0v) is 13.4. The number of hydrogen-bond acceptors (Lipinski definition) is 4. The molecule has 1 amide bonds. The molecule has 0 fully saturated rings. The molecular weight excluding hydrogens is 304 g/mol. The van der Waals surface area contributed by atoms with Gasteiger partial charge in [-0.1, -0.05) is 30.3 Å². The van der Waals surface area contributed by atoms with Crippen molar-refractivity contribution in [3.63, 3.8) is 0 Å². The lowest BCUT2D eigenvalue weighted by atomic mass is 9.94. The van der Waals surface area contributed by atoms with E-state index in [2.05, 4.69) is 28.8 Å². The first-order chi connectivity index (χ1) is 11.8. The molecule has 0 aliphatic carbocycles. The predicted molar refractivity (Wildman–Crippen MR) is 90.7 cm³/mol. The van der Waals surface area contributed by atoms with E-state index in [1.165, 1.54) is 11.1 Å². The Labute approximate surface area is 141 Å². The van der Waals surface area contributed by atoms with E-state index in [9.17, 15) is 4.79 Å². The van der Waals surface area contributed by atoms with Gasteiger partial charge in [0.05, 0.1) is 5.56 Å². The Balaban J connectivity index is 1.48. The van der Waals surface area contributed by atoms with Crippen LogP contribution in [-0.4, -0.2) is 32.2 Å². The van der Waals surface area contributed by atoms with E-state index in [0.29, 0.717) is 36.8 Å². The summed E-state index contributed by atoms with van der Waals surface area (Å²) in [6.07, 6.45) is 1.03. The first-order valence-corrected chi connectivity index (χ1v) is 8.31. The van der Waals surface area contributed by atoms with Crippen LogP contribution in [0.15, 0.2) is 42.5 Å². The SMILES string of the molecule is O=C(NCC1NCCc2ccccc21)c1cccc2c1OCCO2. The Morgan fingerprint density at radius 2 is 2.00 bits per heavy atom. The molecule has 1 atom stereocenters. The third-order valence-electron chi connectivity index (χ3n) is 4.49. The number of amides is 1. The summed E-state index contributed by atoms with van der Waals surface area (Å²) >= 11 is 0. The molecule has 24 heavy (non-hydrogen) atoms. The molecule has 2 aromatic carbocycles. The van der Waals surface area contributed by atoms with E-state index >= 15 is 0 Å². The monoisotopic (exact) mass is 324 g/mol. The van der Waals surface area contributed by atoms with Crippen LogP contribution in [0.1, 0.15) is 27.5 Å². The zero-order chi connectivity index (χ0) is 16.4. The Kier molecular flexibility index (Phi) is 4.09. The molecule has 2 aliphatic rings. The standard InChI is InChI=1S/C19H20N2O3/c22-19(15-6-3-7-17-18(15)24-11-10-23-17)21-12-16-14-5-2-1-4-13(14)8-9-20-16/h1-7,16,20H,8-12H2,(H,21,22). The lowest BCUT2D eigenvalue weighted by Gasteiger charge is -2.27. The number of fused-ring (bicyclic) bond motifs is 2. The van der Waals surface area contributed by atoms with Crippen LogP contribution >= 0.6 is 0 Å². The molecule has 2 heterocycles. The second-order valence-corrected chi connectivity index (χ2v) is 6.00. The number of ether oxygens (including phenoxy) is 2. The van der Waals surface area contributed by atoms with E-state index in [-0.39, 0.29) is 11.9 Å². The summed E-state index contributed by atoms with van der Waals surface area (Å²) in [6, 6.07) is 13.9. The first kappa shape index (κ1) is 15.0. The normalized spacial score (nSPS) is 18.6. The number of carbonyl (C=O) groups is 1. The fourth-order valence-corrected chi connectivity index (χ4v) is 3.32. The summed E-state index contributed by atoms with van der Waals surface area (Å²) in [4.78, 5) is 12.6. The highest BCUT2D eigenvalue weighted by Gasteiger charge is 2.23. The number of carbonyl (C=O) groups excluding carboxylic acids is 1. The third-order valence-corrected chi connectivity index (χ3v) is 4.49. The maximum absolute atomic E-state index is 12.6. The maximum atomic E-state index is 12.6. The van der Waals surface area contributed by atoms with Gasteiger partial charge in [0.2, 0.25) is 0 Å². The van der Waals surface area contributed by atoms with Gasteiger partial charge in [-0.25, -0.2) is 0 Å². The van der Waals surface area contributed by atoms with Crippen molar-refractivity contribution in [2.45, 2.75) is 12.5 Å². The van der Waals surface area contributed by atoms with Crippen molar-refractivity contribution in [3.05, 3.63) is 59.2 Å². The molecule has 2 aliphatic heterocycles. The number of para-hydroxylation sites is 1. The average molecular weight is 324 g/mol. The molecular formula is C19H20N2O3. The highest BCUT2D eigenvalue weighted by atomic mass is 16.6. The van der Waals surface area contributed by atoms with Crippen molar-refractivity contribution >= 4 is 5.91 Å². The van der Waals surface area contributed by atoms with Crippen molar-refractivity contribution in [2.24, 2.45) is 0 Å².